The molecule has 0 saturated heterocycles. The lowest BCUT2D eigenvalue weighted by atomic mass is 10.1. The zero-order valence-corrected chi connectivity index (χ0v) is 18.2. The summed E-state index contributed by atoms with van der Waals surface area (Å²) in [4.78, 5) is 41.0. The fourth-order valence-corrected chi connectivity index (χ4v) is 3.14. The summed E-state index contributed by atoms with van der Waals surface area (Å²) in [5.74, 6) is -0.655. The van der Waals surface area contributed by atoms with Crippen molar-refractivity contribution in [3.63, 3.8) is 0 Å². The number of anilines is 2. The minimum Gasteiger partial charge on any atom is -0.383 e. The van der Waals surface area contributed by atoms with Gasteiger partial charge in [0.15, 0.2) is 0 Å². The largest absolute Gasteiger partial charge is 0.383 e. The molecule has 0 bridgehead atoms. The van der Waals surface area contributed by atoms with Gasteiger partial charge in [-0.3, -0.25) is 19.1 Å². The van der Waals surface area contributed by atoms with E-state index in [1.807, 2.05) is 6.92 Å². The van der Waals surface area contributed by atoms with E-state index in [2.05, 4.69) is 10.3 Å². The molecule has 31 heavy (non-hydrogen) atoms. The monoisotopic (exact) mass is 435 g/mol. The van der Waals surface area contributed by atoms with Gasteiger partial charge < -0.3 is 20.7 Å². The van der Waals surface area contributed by atoms with Crippen LogP contribution >= 0.6 is 0 Å². The quantitative estimate of drug-likeness (QED) is 0.486. The van der Waals surface area contributed by atoms with Gasteiger partial charge >= 0.3 is 5.69 Å². The first kappa shape index (κ1) is 24.1. The third kappa shape index (κ3) is 6.42. The molecule has 0 unspecified atom stereocenters. The Kier molecular flexibility index (Phi) is 8.80. The second-order valence-electron chi connectivity index (χ2n) is 7.27. The smallest absolute Gasteiger partial charge is 0.330 e. The van der Waals surface area contributed by atoms with E-state index in [1.165, 1.54) is 22.6 Å². The highest BCUT2D eigenvalue weighted by Crippen LogP contribution is 2.17. The Morgan fingerprint density at radius 2 is 2.10 bits per heavy atom. The molecule has 2 aromatic rings. The number of nitrogens with two attached hydrogens (primary N) is 1. The molecule has 4 N–H and O–H groups in total. The number of carbonyl (C=O) groups is 1. The Balaban J connectivity index is 2.22. The minimum atomic E-state index is -0.659. The number of nitrogen functional groups attached to an aromatic ring is 1. The van der Waals surface area contributed by atoms with Gasteiger partial charge in [0.25, 0.3) is 5.56 Å². The summed E-state index contributed by atoms with van der Waals surface area (Å²) < 4.78 is 19.8. The topological polar surface area (TPSA) is 122 Å². The van der Waals surface area contributed by atoms with Gasteiger partial charge in [-0.05, 0) is 30.5 Å². The number of ether oxygens (including phenoxy) is 1. The summed E-state index contributed by atoms with van der Waals surface area (Å²) in [7, 11) is 1.50. The van der Waals surface area contributed by atoms with E-state index in [1.54, 1.807) is 19.1 Å². The van der Waals surface area contributed by atoms with Gasteiger partial charge in [-0.15, -0.1) is 0 Å². The lowest BCUT2D eigenvalue weighted by Gasteiger charge is -2.25. The number of H-pyrrole nitrogens is 1. The number of hydrogen-bond acceptors (Lipinski definition) is 6. The minimum absolute atomic E-state index is 0.0141. The van der Waals surface area contributed by atoms with Crippen LogP contribution in [0.4, 0.5) is 15.9 Å². The first-order valence-corrected chi connectivity index (χ1v) is 10.2. The van der Waals surface area contributed by atoms with Crippen LogP contribution < -0.4 is 27.2 Å². The first-order chi connectivity index (χ1) is 14.8. The molecule has 0 atom stereocenters. The second-order valence-corrected chi connectivity index (χ2v) is 7.27. The summed E-state index contributed by atoms with van der Waals surface area (Å²) in [6, 6.07) is 4.60. The molecule has 1 aromatic carbocycles. The molecule has 0 aliphatic rings. The van der Waals surface area contributed by atoms with Crippen LogP contribution in [0.1, 0.15) is 30.9 Å². The predicted octanol–water partition coefficient (Wildman–Crippen LogP) is 1.14. The number of aromatic amines is 1. The highest BCUT2D eigenvalue weighted by Gasteiger charge is 2.21. The average Bonchev–Trinajstić information content (AvgIpc) is 2.72. The lowest BCUT2D eigenvalue weighted by molar-refractivity contribution is -0.119. The van der Waals surface area contributed by atoms with E-state index < -0.39 is 11.2 Å². The van der Waals surface area contributed by atoms with E-state index in [0.29, 0.717) is 18.5 Å². The molecule has 10 heteroatoms. The van der Waals surface area contributed by atoms with Crippen molar-refractivity contribution < 1.29 is 13.9 Å². The van der Waals surface area contributed by atoms with Crippen molar-refractivity contribution in [1.82, 2.24) is 14.9 Å². The van der Waals surface area contributed by atoms with E-state index in [9.17, 15) is 18.8 Å². The molecule has 0 aliphatic heterocycles. The summed E-state index contributed by atoms with van der Waals surface area (Å²) in [6.07, 6.45) is 1.56. The van der Waals surface area contributed by atoms with Crippen LogP contribution in [0.5, 0.6) is 0 Å². The Labute approximate surface area is 180 Å². The normalized spacial score (nSPS) is 10.8. The maximum atomic E-state index is 13.4. The number of hydrogen-bond donors (Lipinski definition) is 3. The number of unbranched alkanes of at least 4 members (excludes halogenated alkanes) is 1. The fraction of sp³-hybridized carbons (Fsp3) is 0.476. The molecule has 170 valence electrons. The second kappa shape index (κ2) is 11.3. The molecule has 0 radical (unpaired) electrons. The van der Waals surface area contributed by atoms with Gasteiger partial charge in [0.05, 0.1) is 13.2 Å². The molecule has 0 aliphatic carbocycles. The predicted molar refractivity (Wildman–Crippen MR) is 118 cm³/mol. The third-order valence-corrected chi connectivity index (χ3v) is 4.88. The molecule has 0 fully saturated rings. The average molecular weight is 436 g/mol. The Hall–Kier alpha value is -3.14. The molecule has 9 nitrogen and oxygen atoms in total. The van der Waals surface area contributed by atoms with Crippen LogP contribution in [0.3, 0.4) is 0 Å². The molecular weight excluding hydrogens is 405 g/mol. The van der Waals surface area contributed by atoms with Crippen LogP contribution in [0.2, 0.25) is 0 Å². The number of amides is 1. The van der Waals surface area contributed by atoms with E-state index in [-0.39, 0.29) is 49.5 Å². The standard InChI is InChI=1S/C21H30FN5O4/c1-4-5-8-27-19(23)18(20(29)25-21(27)30)26(9-10-31-3)13-17(28)24-12-15-6-7-16(22)14(2)11-15/h6-7,11H,4-5,8-10,12-13,23H2,1-3H3,(H,24,28)(H,25,29,30). The van der Waals surface area contributed by atoms with Crippen molar-refractivity contribution >= 4 is 17.4 Å². The molecule has 0 saturated carbocycles. The number of aromatic nitrogens is 2. The lowest BCUT2D eigenvalue weighted by Crippen LogP contribution is -2.44. The van der Waals surface area contributed by atoms with Gasteiger partial charge in [-0.2, -0.15) is 0 Å². The number of carbonyl (C=O) groups excluding carboxylic acids is 1. The van der Waals surface area contributed by atoms with Gasteiger partial charge in [0.1, 0.15) is 17.3 Å². The van der Waals surface area contributed by atoms with E-state index in [4.69, 9.17) is 10.5 Å². The molecule has 2 rings (SSSR count). The number of nitrogens with one attached hydrogen (secondary N) is 2. The van der Waals surface area contributed by atoms with Crippen molar-refractivity contribution in [1.29, 1.82) is 0 Å². The number of benzene rings is 1. The number of nitrogens with zero attached hydrogens (tertiary/aromatic N) is 2. The summed E-state index contributed by atoms with van der Waals surface area (Å²) in [5, 5.41) is 2.76. The van der Waals surface area contributed by atoms with Crippen LogP contribution in [0.15, 0.2) is 27.8 Å². The van der Waals surface area contributed by atoms with Crippen LogP contribution in [0.25, 0.3) is 0 Å². The first-order valence-electron chi connectivity index (χ1n) is 10.2. The number of methoxy groups -OCH3 is 1. The molecule has 1 heterocycles. The molecule has 1 aromatic heterocycles. The number of rotatable bonds is 11. The molecule has 0 spiro atoms. The van der Waals surface area contributed by atoms with Crippen molar-refractivity contribution in [3.8, 4) is 0 Å². The van der Waals surface area contributed by atoms with Gasteiger partial charge in [-0.25, -0.2) is 9.18 Å². The van der Waals surface area contributed by atoms with Crippen LogP contribution in [0, 0.1) is 12.7 Å². The van der Waals surface area contributed by atoms with Crippen molar-refractivity contribution in [2.75, 3.05) is 37.4 Å². The van der Waals surface area contributed by atoms with Crippen molar-refractivity contribution in [3.05, 3.63) is 56.0 Å². The number of halogens is 1. The van der Waals surface area contributed by atoms with E-state index >= 15 is 0 Å². The SMILES string of the molecule is CCCCn1c(N)c(N(CCOC)CC(=O)NCc2ccc(F)c(C)c2)c(=O)[nH]c1=O. The number of aryl methyl sites for hydroxylation is 1. The zero-order chi connectivity index (χ0) is 23.0. The maximum Gasteiger partial charge on any atom is 0.330 e. The van der Waals surface area contributed by atoms with E-state index in [0.717, 1.165) is 12.0 Å². The van der Waals surface area contributed by atoms with Crippen LogP contribution in [-0.2, 0) is 22.6 Å². The van der Waals surface area contributed by atoms with Gasteiger partial charge in [-0.1, -0.05) is 25.5 Å². The third-order valence-electron chi connectivity index (χ3n) is 4.88. The van der Waals surface area contributed by atoms with Crippen molar-refractivity contribution in [2.24, 2.45) is 0 Å². The fourth-order valence-electron chi connectivity index (χ4n) is 3.14. The Bertz CT molecular complexity index is 1020. The summed E-state index contributed by atoms with van der Waals surface area (Å²) in [6.45, 7) is 4.50. The van der Waals surface area contributed by atoms with Crippen molar-refractivity contribution in [2.45, 2.75) is 39.8 Å². The Morgan fingerprint density at radius 3 is 2.74 bits per heavy atom. The highest BCUT2D eigenvalue weighted by atomic mass is 19.1. The van der Waals surface area contributed by atoms with Gasteiger partial charge in [0.2, 0.25) is 5.91 Å². The Morgan fingerprint density at radius 1 is 1.35 bits per heavy atom. The van der Waals surface area contributed by atoms with Crippen LogP contribution in [-0.4, -0.2) is 42.3 Å². The van der Waals surface area contributed by atoms with Gasteiger partial charge in [0, 0.05) is 26.7 Å². The molecular formula is C21H30FN5O4. The summed E-state index contributed by atoms with van der Waals surface area (Å²) in [5.41, 5.74) is 6.22. The molecule has 1 amide bonds. The summed E-state index contributed by atoms with van der Waals surface area (Å²) >= 11 is 0. The zero-order valence-electron chi connectivity index (χ0n) is 18.2. The maximum absolute atomic E-state index is 13.4. The highest BCUT2D eigenvalue weighted by molar-refractivity contribution is 5.82.